The summed E-state index contributed by atoms with van der Waals surface area (Å²) < 4.78 is 16.6. The predicted octanol–water partition coefficient (Wildman–Crippen LogP) is 4.20. The van der Waals surface area contributed by atoms with Crippen molar-refractivity contribution < 1.29 is 9.18 Å². The zero-order chi connectivity index (χ0) is 27.7. The number of carbonyl (C=O) groups excluding carboxylic acids is 1. The van der Waals surface area contributed by atoms with Crippen LogP contribution < -0.4 is 11.2 Å². The SMILES string of the molecule is CCC(Sc1nc(C)c(Cc2ccc(F)cc2)c(=O)n1C)C(=O)N1CCC(n2c(=O)[nH]c3ccccc32)CC1. The van der Waals surface area contributed by atoms with Crippen LogP contribution in [0.25, 0.3) is 11.0 Å². The Balaban J connectivity index is 1.28. The smallest absolute Gasteiger partial charge is 0.326 e. The van der Waals surface area contributed by atoms with E-state index in [9.17, 15) is 18.8 Å². The molecule has 1 amide bonds. The number of piperidine rings is 1. The number of hydrogen-bond donors (Lipinski definition) is 1. The average Bonchev–Trinajstić information content (AvgIpc) is 3.28. The third-order valence-electron chi connectivity index (χ3n) is 7.50. The number of fused-ring (bicyclic) bond motifs is 1. The first-order valence-corrected chi connectivity index (χ1v) is 14.1. The van der Waals surface area contributed by atoms with Crippen molar-refractivity contribution in [1.29, 1.82) is 0 Å². The van der Waals surface area contributed by atoms with Crippen LogP contribution in [0.3, 0.4) is 0 Å². The first kappa shape index (κ1) is 26.9. The Morgan fingerprint density at radius 1 is 1.13 bits per heavy atom. The summed E-state index contributed by atoms with van der Waals surface area (Å²) in [5, 5.41) is 0.124. The maximum Gasteiger partial charge on any atom is 0.326 e. The third-order valence-corrected chi connectivity index (χ3v) is 8.90. The molecule has 204 valence electrons. The number of thioether (sulfide) groups is 1. The van der Waals surface area contributed by atoms with Gasteiger partial charge >= 0.3 is 5.69 Å². The number of nitrogens with zero attached hydrogens (tertiary/aromatic N) is 4. The van der Waals surface area contributed by atoms with Crippen LogP contribution in [-0.4, -0.2) is 48.2 Å². The highest BCUT2D eigenvalue weighted by Gasteiger charge is 2.31. The Hall–Kier alpha value is -3.66. The monoisotopic (exact) mass is 549 g/mol. The molecule has 2 aromatic heterocycles. The van der Waals surface area contributed by atoms with Gasteiger partial charge in [-0.25, -0.2) is 14.2 Å². The lowest BCUT2D eigenvalue weighted by atomic mass is 10.0. The fourth-order valence-electron chi connectivity index (χ4n) is 5.27. The summed E-state index contributed by atoms with van der Waals surface area (Å²) in [7, 11) is 1.67. The lowest BCUT2D eigenvalue weighted by Crippen LogP contribution is -2.44. The van der Waals surface area contributed by atoms with Crippen molar-refractivity contribution in [2.24, 2.45) is 7.05 Å². The van der Waals surface area contributed by atoms with Crippen molar-refractivity contribution in [1.82, 2.24) is 24.0 Å². The summed E-state index contributed by atoms with van der Waals surface area (Å²) in [6, 6.07) is 13.8. The van der Waals surface area contributed by atoms with E-state index in [0.717, 1.165) is 16.6 Å². The molecule has 1 aliphatic rings. The van der Waals surface area contributed by atoms with Gasteiger partial charge in [-0.1, -0.05) is 43.0 Å². The van der Waals surface area contributed by atoms with Crippen LogP contribution >= 0.6 is 11.8 Å². The molecule has 5 rings (SSSR count). The quantitative estimate of drug-likeness (QED) is 0.276. The van der Waals surface area contributed by atoms with Gasteiger partial charge in [0.25, 0.3) is 5.56 Å². The van der Waals surface area contributed by atoms with Crippen LogP contribution in [-0.2, 0) is 18.3 Å². The van der Waals surface area contributed by atoms with Crippen LogP contribution in [0.2, 0.25) is 0 Å². The molecule has 0 radical (unpaired) electrons. The third kappa shape index (κ3) is 5.43. The summed E-state index contributed by atoms with van der Waals surface area (Å²) in [6.07, 6.45) is 2.35. The largest absolute Gasteiger partial charge is 0.342 e. The number of aryl methyl sites for hydroxylation is 1. The zero-order valence-corrected chi connectivity index (χ0v) is 23.1. The van der Waals surface area contributed by atoms with E-state index in [4.69, 9.17) is 0 Å². The molecule has 1 saturated heterocycles. The number of benzene rings is 2. The number of H-pyrrole nitrogens is 1. The second-order valence-corrected chi connectivity index (χ2v) is 11.2. The number of hydrogen-bond acceptors (Lipinski definition) is 5. The molecule has 3 heterocycles. The Labute approximate surface area is 229 Å². The maximum atomic E-state index is 13.5. The van der Waals surface area contributed by atoms with E-state index in [1.54, 1.807) is 26.1 Å². The highest BCUT2D eigenvalue weighted by Crippen LogP contribution is 2.29. The summed E-state index contributed by atoms with van der Waals surface area (Å²) >= 11 is 1.32. The molecule has 0 spiro atoms. The van der Waals surface area contributed by atoms with Crippen LogP contribution in [0.15, 0.2) is 63.3 Å². The topological polar surface area (TPSA) is 93.0 Å². The van der Waals surface area contributed by atoms with Gasteiger partial charge in [0, 0.05) is 43.9 Å². The van der Waals surface area contributed by atoms with Crippen molar-refractivity contribution in [2.45, 2.75) is 56.0 Å². The lowest BCUT2D eigenvalue weighted by molar-refractivity contribution is -0.131. The number of para-hydroxylation sites is 2. The van der Waals surface area contributed by atoms with Gasteiger partial charge in [-0.05, 0) is 56.0 Å². The average molecular weight is 550 g/mol. The molecule has 2 aromatic carbocycles. The van der Waals surface area contributed by atoms with Crippen LogP contribution in [0.4, 0.5) is 4.39 Å². The highest BCUT2D eigenvalue weighted by atomic mass is 32.2. The molecular weight excluding hydrogens is 517 g/mol. The minimum absolute atomic E-state index is 0.0227. The van der Waals surface area contributed by atoms with Gasteiger partial charge in [-0.2, -0.15) is 0 Å². The molecule has 1 unspecified atom stereocenters. The Kier molecular flexibility index (Phi) is 7.74. The standard InChI is InChI=1S/C29H32FN5O3S/c1-4-25(39-29-31-18(2)22(26(36)33(29)3)17-19-9-11-20(30)12-10-19)27(37)34-15-13-21(14-16-34)35-24-8-6-5-7-23(24)32-28(35)38/h5-12,21,25H,4,13-17H2,1-3H3,(H,32,38). The second kappa shape index (κ2) is 11.2. The van der Waals surface area contributed by atoms with Crippen molar-refractivity contribution in [3.8, 4) is 0 Å². The van der Waals surface area contributed by atoms with E-state index in [-0.39, 0.29) is 34.3 Å². The Morgan fingerprint density at radius 2 is 1.82 bits per heavy atom. The van der Waals surface area contributed by atoms with E-state index in [2.05, 4.69) is 9.97 Å². The molecule has 1 aliphatic heterocycles. The molecule has 39 heavy (non-hydrogen) atoms. The second-order valence-electron chi connectivity index (χ2n) is 10.0. The van der Waals surface area contributed by atoms with Crippen LogP contribution in [0.5, 0.6) is 0 Å². The van der Waals surface area contributed by atoms with Crippen LogP contribution in [0.1, 0.15) is 49.0 Å². The van der Waals surface area contributed by atoms with Crippen LogP contribution in [0, 0.1) is 12.7 Å². The molecular formula is C29H32FN5O3S. The van der Waals surface area contributed by atoms with E-state index < -0.39 is 0 Å². The fourth-order valence-corrected chi connectivity index (χ4v) is 6.37. The van der Waals surface area contributed by atoms with Gasteiger partial charge in [0.2, 0.25) is 5.91 Å². The van der Waals surface area contributed by atoms with Crippen molar-refractivity contribution >= 4 is 28.7 Å². The minimum atomic E-state index is -0.377. The van der Waals surface area contributed by atoms with Gasteiger partial charge in [0.05, 0.1) is 16.3 Å². The van der Waals surface area contributed by atoms with E-state index in [1.165, 1.54) is 28.5 Å². The molecule has 8 nitrogen and oxygen atoms in total. The highest BCUT2D eigenvalue weighted by molar-refractivity contribution is 8.00. The number of rotatable bonds is 7. The Bertz CT molecular complexity index is 1620. The summed E-state index contributed by atoms with van der Waals surface area (Å²) in [6.45, 7) is 4.88. The van der Waals surface area contributed by atoms with E-state index in [0.29, 0.717) is 55.2 Å². The number of aromatic nitrogens is 4. The minimum Gasteiger partial charge on any atom is -0.342 e. The maximum absolute atomic E-state index is 13.5. The first-order valence-electron chi connectivity index (χ1n) is 13.2. The van der Waals surface area contributed by atoms with Crippen molar-refractivity contribution in [3.63, 3.8) is 0 Å². The van der Waals surface area contributed by atoms with Gasteiger partial charge in [0.1, 0.15) is 5.82 Å². The Morgan fingerprint density at radius 3 is 2.51 bits per heavy atom. The van der Waals surface area contributed by atoms with Crippen molar-refractivity contribution in [3.05, 3.63) is 92.0 Å². The number of nitrogens with one attached hydrogen (secondary N) is 1. The molecule has 0 bridgehead atoms. The fraction of sp³-hybridized carbons (Fsp3) is 0.379. The number of aromatic amines is 1. The number of imidazole rings is 1. The first-order chi connectivity index (χ1) is 18.8. The zero-order valence-electron chi connectivity index (χ0n) is 22.3. The molecule has 0 saturated carbocycles. The molecule has 1 N–H and O–H groups in total. The summed E-state index contributed by atoms with van der Waals surface area (Å²) in [5.41, 5.74) is 3.42. The van der Waals surface area contributed by atoms with Gasteiger partial charge in [0.15, 0.2) is 5.16 Å². The number of likely N-dealkylation sites (tertiary alicyclic amines) is 1. The molecule has 1 atom stereocenters. The summed E-state index contributed by atoms with van der Waals surface area (Å²) in [4.78, 5) is 48.8. The van der Waals surface area contributed by atoms with Crippen molar-refractivity contribution in [2.75, 3.05) is 13.1 Å². The van der Waals surface area contributed by atoms with Gasteiger partial charge in [-0.3, -0.25) is 18.7 Å². The summed E-state index contributed by atoms with van der Waals surface area (Å²) in [5.74, 6) is -0.297. The molecule has 10 heteroatoms. The molecule has 0 aliphatic carbocycles. The molecule has 1 fully saturated rings. The molecule has 4 aromatic rings. The number of halogens is 1. The van der Waals surface area contributed by atoms with Gasteiger partial charge in [-0.15, -0.1) is 0 Å². The normalized spacial score (nSPS) is 15.1. The van der Waals surface area contributed by atoms with E-state index in [1.807, 2.05) is 40.7 Å². The number of carbonyl (C=O) groups is 1. The predicted molar refractivity (Wildman–Crippen MR) is 151 cm³/mol. The van der Waals surface area contributed by atoms with Gasteiger partial charge < -0.3 is 9.88 Å². The number of amides is 1. The van der Waals surface area contributed by atoms with E-state index >= 15 is 0 Å². The lowest BCUT2D eigenvalue weighted by Gasteiger charge is -2.34.